The quantitative estimate of drug-likeness (QED) is 0.160. The van der Waals surface area contributed by atoms with Gasteiger partial charge in [0.25, 0.3) is 0 Å². The second-order valence-corrected chi connectivity index (χ2v) is 10.7. The Kier molecular flexibility index (Phi) is 15.1. The number of nitrogens with one attached hydrogen (secondary N) is 2. The van der Waals surface area contributed by atoms with E-state index in [1.165, 1.54) is 13.8 Å². The molecular weight excluding hydrogens is 552 g/mol. The van der Waals surface area contributed by atoms with E-state index in [4.69, 9.17) is 10.5 Å². The van der Waals surface area contributed by atoms with Crippen molar-refractivity contribution in [2.45, 2.75) is 83.6 Å². The zero-order chi connectivity index (χ0) is 31.8. The van der Waals surface area contributed by atoms with Gasteiger partial charge in [0.1, 0.15) is 18.9 Å². The van der Waals surface area contributed by atoms with Crippen LogP contribution in [0.5, 0.6) is 0 Å². The molecule has 11 nitrogen and oxygen atoms in total. The Morgan fingerprint density at radius 3 is 2.09 bits per heavy atom. The van der Waals surface area contributed by atoms with Gasteiger partial charge in [-0.1, -0.05) is 74.0 Å². The SMILES string of the molecule is CC(CO)C(C=O)NC(=O)CCCC[C@@H](Cc1ccccc1)NC(=O)[C@H](C)N(C(=O)OCc1ccccc1)C(=O)[C@H](C)N. The van der Waals surface area contributed by atoms with Crippen molar-refractivity contribution in [2.75, 3.05) is 6.61 Å². The summed E-state index contributed by atoms with van der Waals surface area (Å²) in [5.74, 6) is -1.97. The number of aliphatic hydroxyl groups excluding tert-OH is 1. The summed E-state index contributed by atoms with van der Waals surface area (Å²) >= 11 is 0. The average Bonchev–Trinajstić information content (AvgIpc) is 3.01. The number of nitrogens with two attached hydrogens (primary N) is 1. The fourth-order valence-corrected chi connectivity index (χ4v) is 4.37. The molecule has 2 aromatic rings. The first-order valence-corrected chi connectivity index (χ1v) is 14.6. The predicted octanol–water partition coefficient (Wildman–Crippen LogP) is 2.49. The van der Waals surface area contributed by atoms with E-state index in [0.717, 1.165) is 16.0 Å². The molecule has 0 aliphatic rings. The molecule has 11 heteroatoms. The number of rotatable bonds is 17. The molecule has 0 aliphatic heterocycles. The Labute approximate surface area is 253 Å². The van der Waals surface area contributed by atoms with Crippen LogP contribution in [-0.2, 0) is 36.9 Å². The number of ether oxygens (including phenoxy) is 1. The lowest BCUT2D eigenvalue weighted by Gasteiger charge is -2.29. The van der Waals surface area contributed by atoms with Gasteiger partial charge in [0.2, 0.25) is 17.7 Å². The summed E-state index contributed by atoms with van der Waals surface area (Å²) in [6.07, 6.45) is 1.92. The average molecular weight is 597 g/mol. The molecular formula is C32H44N4O7. The normalized spacial score (nSPS) is 14.3. The maximum atomic E-state index is 13.4. The minimum atomic E-state index is -1.19. The lowest BCUT2D eigenvalue weighted by molar-refractivity contribution is -0.139. The van der Waals surface area contributed by atoms with Gasteiger partial charge in [0, 0.05) is 25.0 Å². The standard InChI is InChI=1S/C32H44N4O7/c1-22(19-37)28(20-38)35-29(39)17-11-10-16-27(18-25-12-6-4-7-13-25)34-30(40)24(3)36(31(41)23(2)33)32(42)43-21-26-14-8-5-9-15-26/h4-9,12-15,20,22-24,27-28,37H,10-11,16-19,21,33H2,1-3H3,(H,34,40)(H,35,39)/t22?,23-,24-,27-,28?/m0/s1. The van der Waals surface area contributed by atoms with Crippen molar-refractivity contribution in [3.05, 3.63) is 71.8 Å². The summed E-state index contributed by atoms with van der Waals surface area (Å²) in [6.45, 7) is 4.25. The van der Waals surface area contributed by atoms with Gasteiger partial charge in [-0.15, -0.1) is 0 Å². The zero-order valence-electron chi connectivity index (χ0n) is 25.1. The van der Waals surface area contributed by atoms with Crippen LogP contribution in [0.4, 0.5) is 4.79 Å². The minimum absolute atomic E-state index is 0.0759. The first-order chi connectivity index (χ1) is 20.6. The van der Waals surface area contributed by atoms with Crippen LogP contribution < -0.4 is 16.4 Å². The van der Waals surface area contributed by atoms with E-state index < -0.39 is 42.0 Å². The molecule has 2 aromatic carbocycles. The van der Waals surface area contributed by atoms with Crippen LogP contribution in [0.3, 0.4) is 0 Å². The third-order valence-electron chi connectivity index (χ3n) is 7.05. The number of carbonyl (C=O) groups excluding carboxylic acids is 5. The van der Waals surface area contributed by atoms with Gasteiger partial charge in [0.05, 0.1) is 12.1 Å². The van der Waals surface area contributed by atoms with Gasteiger partial charge >= 0.3 is 6.09 Å². The van der Waals surface area contributed by atoms with E-state index in [2.05, 4.69) is 10.6 Å². The van der Waals surface area contributed by atoms with Crippen molar-refractivity contribution in [2.24, 2.45) is 11.7 Å². The second-order valence-electron chi connectivity index (χ2n) is 10.7. The van der Waals surface area contributed by atoms with Crippen LogP contribution >= 0.6 is 0 Å². The molecule has 2 rings (SSSR count). The highest BCUT2D eigenvalue weighted by molar-refractivity contribution is 5.99. The van der Waals surface area contributed by atoms with E-state index in [1.807, 2.05) is 36.4 Å². The number of amides is 4. The monoisotopic (exact) mass is 596 g/mol. The van der Waals surface area contributed by atoms with E-state index in [1.54, 1.807) is 31.2 Å². The Balaban J connectivity index is 2.06. The molecule has 234 valence electrons. The van der Waals surface area contributed by atoms with Gasteiger partial charge in [-0.05, 0) is 44.2 Å². The molecule has 0 heterocycles. The first-order valence-electron chi connectivity index (χ1n) is 14.6. The molecule has 4 amide bonds. The van der Waals surface area contributed by atoms with Crippen molar-refractivity contribution < 1.29 is 33.8 Å². The molecule has 43 heavy (non-hydrogen) atoms. The van der Waals surface area contributed by atoms with Crippen molar-refractivity contribution in [3.8, 4) is 0 Å². The molecule has 2 unspecified atom stereocenters. The molecule has 0 saturated heterocycles. The van der Waals surface area contributed by atoms with E-state index in [9.17, 15) is 29.1 Å². The number of aliphatic hydroxyl groups is 1. The predicted molar refractivity (Wildman–Crippen MR) is 161 cm³/mol. The molecule has 5 N–H and O–H groups in total. The number of carbonyl (C=O) groups is 5. The number of unbranched alkanes of at least 4 members (excludes halogenated alkanes) is 1. The van der Waals surface area contributed by atoms with Crippen LogP contribution in [0.25, 0.3) is 0 Å². The highest BCUT2D eigenvalue weighted by Crippen LogP contribution is 2.14. The van der Waals surface area contributed by atoms with Gasteiger partial charge in [-0.25, -0.2) is 9.69 Å². The van der Waals surface area contributed by atoms with Crippen LogP contribution in [0.1, 0.15) is 57.6 Å². The molecule has 0 aromatic heterocycles. The Hall–Kier alpha value is -4.09. The number of imide groups is 1. The zero-order valence-corrected chi connectivity index (χ0v) is 25.1. The number of hydrogen-bond acceptors (Lipinski definition) is 8. The maximum absolute atomic E-state index is 13.4. The number of nitrogens with zero attached hydrogens (tertiary/aromatic N) is 1. The molecule has 0 radical (unpaired) electrons. The molecule has 0 spiro atoms. The highest BCUT2D eigenvalue weighted by Gasteiger charge is 2.35. The van der Waals surface area contributed by atoms with Crippen LogP contribution in [0, 0.1) is 5.92 Å². The lowest BCUT2D eigenvalue weighted by atomic mass is 9.99. The minimum Gasteiger partial charge on any atom is -0.444 e. The largest absolute Gasteiger partial charge is 0.444 e. The van der Waals surface area contributed by atoms with Crippen molar-refractivity contribution in [1.29, 1.82) is 0 Å². The fraction of sp³-hybridized carbons (Fsp3) is 0.469. The second kappa shape index (κ2) is 18.4. The summed E-state index contributed by atoms with van der Waals surface area (Å²) in [7, 11) is 0. The van der Waals surface area contributed by atoms with Crippen LogP contribution in [0.15, 0.2) is 60.7 Å². The molecule has 5 atom stereocenters. The van der Waals surface area contributed by atoms with Crippen molar-refractivity contribution in [1.82, 2.24) is 15.5 Å². The number of aldehydes is 1. The molecule has 0 aliphatic carbocycles. The van der Waals surface area contributed by atoms with Crippen molar-refractivity contribution >= 4 is 30.1 Å². The van der Waals surface area contributed by atoms with Gasteiger partial charge in [0.15, 0.2) is 0 Å². The summed E-state index contributed by atoms with van der Waals surface area (Å²) in [5, 5.41) is 14.8. The van der Waals surface area contributed by atoms with E-state index in [-0.39, 0.29) is 31.6 Å². The Bertz CT molecular complexity index is 1180. The maximum Gasteiger partial charge on any atom is 0.417 e. The number of benzene rings is 2. The highest BCUT2D eigenvalue weighted by atomic mass is 16.6. The smallest absolute Gasteiger partial charge is 0.417 e. The summed E-state index contributed by atoms with van der Waals surface area (Å²) in [5.41, 5.74) is 7.50. The Morgan fingerprint density at radius 2 is 1.53 bits per heavy atom. The van der Waals surface area contributed by atoms with Gasteiger partial charge < -0.3 is 31.0 Å². The van der Waals surface area contributed by atoms with E-state index >= 15 is 0 Å². The lowest BCUT2D eigenvalue weighted by Crippen LogP contribution is -2.56. The van der Waals surface area contributed by atoms with Gasteiger partial charge in [-0.2, -0.15) is 0 Å². The molecule has 0 fully saturated rings. The van der Waals surface area contributed by atoms with Crippen molar-refractivity contribution in [3.63, 3.8) is 0 Å². The fourth-order valence-electron chi connectivity index (χ4n) is 4.37. The summed E-state index contributed by atoms with van der Waals surface area (Å²) in [4.78, 5) is 63.6. The molecule has 0 saturated carbocycles. The first kappa shape index (κ1) is 35.1. The summed E-state index contributed by atoms with van der Waals surface area (Å²) < 4.78 is 5.35. The van der Waals surface area contributed by atoms with Gasteiger partial charge in [-0.3, -0.25) is 14.4 Å². The van der Waals surface area contributed by atoms with E-state index in [0.29, 0.717) is 32.0 Å². The Morgan fingerprint density at radius 1 is 0.930 bits per heavy atom. The number of hydrogen-bond donors (Lipinski definition) is 4. The topological polar surface area (TPSA) is 168 Å². The van der Waals surface area contributed by atoms with Crippen LogP contribution in [-0.4, -0.2) is 70.9 Å². The molecule has 0 bridgehead atoms. The third-order valence-corrected chi connectivity index (χ3v) is 7.05. The summed E-state index contributed by atoms with van der Waals surface area (Å²) in [6, 6.07) is 15.2. The third kappa shape index (κ3) is 12.0. The van der Waals surface area contributed by atoms with Crippen LogP contribution in [0.2, 0.25) is 0 Å².